The zero-order chi connectivity index (χ0) is 30.4. The van der Waals surface area contributed by atoms with E-state index in [1.54, 1.807) is 35.2 Å². The maximum atomic E-state index is 13.2. The number of thiophene rings is 1. The highest BCUT2D eigenvalue weighted by Crippen LogP contribution is 2.34. The highest BCUT2D eigenvalue weighted by Gasteiger charge is 2.25. The van der Waals surface area contributed by atoms with Crippen LogP contribution in [0.3, 0.4) is 0 Å². The molecule has 0 saturated carbocycles. The summed E-state index contributed by atoms with van der Waals surface area (Å²) in [6.45, 7) is 7.77. The first-order valence-electron chi connectivity index (χ1n) is 14.0. The van der Waals surface area contributed by atoms with Gasteiger partial charge in [-0.25, -0.2) is 0 Å². The molecular weight excluding hydrogens is 562 g/mol. The Morgan fingerprint density at radius 3 is 2.34 bits per heavy atom. The van der Waals surface area contributed by atoms with Gasteiger partial charge in [-0.15, -0.1) is 23.1 Å². The molecule has 1 aromatic heterocycles. The Hall–Kier alpha value is -2.89. The van der Waals surface area contributed by atoms with Gasteiger partial charge in [0.05, 0.1) is 18.9 Å². The highest BCUT2D eigenvalue weighted by atomic mass is 32.2. The van der Waals surface area contributed by atoms with Gasteiger partial charge in [0.1, 0.15) is 6.04 Å². The molecule has 226 valence electrons. The number of hydrogen-bond donors (Lipinski definition) is 5. The molecular formula is C30H43N3O6S2. The fourth-order valence-corrected chi connectivity index (χ4v) is 6.77. The molecule has 0 aliphatic rings. The molecule has 0 bridgehead atoms. The van der Waals surface area contributed by atoms with Gasteiger partial charge in [0.15, 0.2) is 0 Å². The Bertz CT molecular complexity index is 1180. The first-order chi connectivity index (χ1) is 19.5. The molecule has 1 atom stereocenters. The van der Waals surface area contributed by atoms with Gasteiger partial charge in [-0.05, 0) is 49.9 Å². The average Bonchev–Trinajstić information content (AvgIpc) is 3.33. The minimum atomic E-state index is -1.14. The van der Waals surface area contributed by atoms with Gasteiger partial charge in [0.2, 0.25) is 17.7 Å². The number of carbonyl (C=O) groups excluding carboxylic acids is 3. The Balaban J connectivity index is 2.03. The molecule has 2 aromatic rings. The summed E-state index contributed by atoms with van der Waals surface area (Å²) in [5, 5.41) is 26.9. The second-order valence-electron chi connectivity index (χ2n) is 10.4. The van der Waals surface area contributed by atoms with Crippen molar-refractivity contribution < 1.29 is 29.4 Å². The number of anilines is 1. The van der Waals surface area contributed by atoms with Crippen molar-refractivity contribution in [3.05, 3.63) is 51.2 Å². The third kappa shape index (κ3) is 12.2. The normalized spacial score (nSPS) is 12.0. The number of nitrogens with one attached hydrogen (secondary N) is 3. The van der Waals surface area contributed by atoms with Crippen molar-refractivity contribution in [2.75, 3.05) is 17.6 Å². The number of aliphatic hydroxyl groups is 1. The molecule has 2 rings (SSSR count). The number of thioether (sulfide) groups is 1. The largest absolute Gasteiger partial charge is 0.481 e. The quantitative estimate of drug-likeness (QED) is 0.167. The Labute approximate surface area is 250 Å². The van der Waals surface area contributed by atoms with Crippen molar-refractivity contribution in [1.82, 2.24) is 10.6 Å². The minimum Gasteiger partial charge on any atom is -0.481 e. The van der Waals surface area contributed by atoms with Crippen LogP contribution in [0, 0.1) is 6.92 Å². The standard InChI is InChI=1S/C30H43N3O6S2/c1-5-13-30(4,14-6-2)40-19-27(36)31-17-26(35)32-24(11-12-28(37)38)29(39)33-25-16-21(8-9-22(25)18-34)15-23-10-7-20(3)41-23/h7-10,16,24,34H,5-6,11-15,17-19H2,1-4H3,(H,31,36)(H,32,35)(H,33,39)(H,37,38)/t24-/m0/s1. The number of carbonyl (C=O) groups is 4. The third-order valence-electron chi connectivity index (χ3n) is 6.63. The van der Waals surface area contributed by atoms with Crippen LogP contribution in [0.2, 0.25) is 0 Å². The third-order valence-corrected chi connectivity index (χ3v) is 9.14. The summed E-state index contributed by atoms with van der Waals surface area (Å²) in [4.78, 5) is 51.8. The van der Waals surface area contributed by atoms with Crippen molar-refractivity contribution in [1.29, 1.82) is 0 Å². The molecule has 0 fully saturated rings. The molecule has 1 heterocycles. The zero-order valence-corrected chi connectivity index (χ0v) is 26.0. The number of benzene rings is 1. The topological polar surface area (TPSA) is 145 Å². The van der Waals surface area contributed by atoms with Crippen LogP contribution in [-0.2, 0) is 32.2 Å². The van der Waals surface area contributed by atoms with E-state index in [1.807, 2.05) is 25.1 Å². The number of carboxylic acid groups (broad SMARTS) is 1. The molecule has 9 nitrogen and oxygen atoms in total. The summed E-state index contributed by atoms with van der Waals surface area (Å²) < 4.78 is -0.00342. The molecule has 0 saturated heterocycles. The molecule has 5 N–H and O–H groups in total. The number of rotatable bonds is 18. The molecule has 0 unspecified atom stereocenters. The minimum absolute atomic E-state index is 0.00342. The van der Waals surface area contributed by atoms with E-state index in [2.05, 4.69) is 36.7 Å². The van der Waals surface area contributed by atoms with Crippen molar-refractivity contribution in [2.24, 2.45) is 0 Å². The van der Waals surface area contributed by atoms with E-state index in [4.69, 9.17) is 5.11 Å². The molecule has 0 aliphatic heterocycles. The van der Waals surface area contributed by atoms with Crippen LogP contribution < -0.4 is 16.0 Å². The first kappa shape index (κ1) is 34.3. The lowest BCUT2D eigenvalue weighted by Gasteiger charge is -2.28. The number of aryl methyl sites for hydroxylation is 1. The fourth-order valence-electron chi connectivity index (χ4n) is 4.57. The summed E-state index contributed by atoms with van der Waals surface area (Å²) >= 11 is 3.25. The van der Waals surface area contributed by atoms with Gasteiger partial charge in [-0.2, -0.15) is 0 Å². The number of hydrogen-bond acceptors (Lipinski definition) is 7. The van der Waals surface area contributed by atoms with E-state index in [-0.39, 0.29) is 42.4 Å². The van der Waals surface area contributed by atoms with Gasteiger partial charge in [-0.3, -0.25) is 19.2 Å². The Kier molecular flexibility index (Phi) is 14.4. The zero-order valence-electron chi connectivity index (χ0n) is 24.4. The van der Waals surface area contributed by atoms with Crippen LogP contribution in [0.25, 0.3) is 0 Å². The molecule has 3 amide bonds. The maximum absolute atomic E-state index is 13.2. The number of aliphatic hydroxyl groups excluding tert-OH is 1. The van der Waals surface area contributed by atoms with E-state index >= 15 is 0 Å². The molecule has 0 spiro atoms. The van der Waals surface area contributed by atoms with E-state index in [1.165, 1.54) is 4.88 Å². The summed E-state index contributed by atoms with van der Waals surface area (Å²) in [6, 6.07) is 8.33. The van der Waals surface area contributed by atoms with Crippen LogP contribution >= 0.6 is 23.1 Å². The maximum Gasteiger partial charge on any atom is 0.303 e. The second-order valence-corrected chi connectivity index (χ2v) is 13.3. The second kappa shape index (κ2) is 17.2. The lowest BCUT2D eigenvalue weighted by molar-refractivity contribution is -0.137. The van der Waals surface area contributed by atoms with Gasteiger partial charge < -0.3 is 26.2 Å². The van der Waals surface area contributed by atoms with Crippen molar-refractivity contribution in [3.63, 3.8) is 0 Å². The number of carboxylic acids is 1. The van der Waals surface area contributed by atoms with Crippen LogP contribution in [0.1, 0.15) is 80.2 Å². The molecule has 0 aliphatic carbocycles. The van der Waals surface area contributed by atoms with Gasteiger partial charge in [0.25, 0.3) is 0 Å². The summed E-state index contributed by atoms with van der Waals surface area (Å²) in [5.74, 6) is -2.36. The molecule has 1 aromatic carbocycles. The van der Waals surface area contributed by atoms with Gasteiger partial charge >= 0.3 is 5.97 Å². The SMILES string of the molecule is CCCC(C)(CCC)SCC(=O)NCC(=O)N[C@@H](CCC(=O)O)C(=O)Nc1cc(Cc2ccc(C)s2)ccc1CO. The van der Waals surface area contributed by atoms with Crippen molar-refractivity contribution in [3.8, 4) is 0 Å². The number of amides is 3. The summed E-state index contributed by atoms with van der Waals surface area (Å²) in [7, 11) is 0. The fraction of sp³-hybridized carbons (Fsp3) is 0.533. The average molecular weight is 606 g/mol. The van der Waals surface area contributed by atoms with Crippen molar-refractivity contribution in [2.45, 2.75) is 90.0 Å². The van der Waals surface area contributed by atoms with Crippen LogP contribution in [0.5, 0.6) is 0 Å². The smallest absolute Gasteiger partial charge is 0.303 e. The van der Waals surface area contributed by atoms with Crippen LogP contribution in [-0.4, -0.2) is 57.0 Å². The Morgan fingerprint density at radius 2 is 1.76 bits per heavy atom. The molecule has 11 heteroatoms. The van der Waals surface area contributed by atoms with E-state index in [9.17, 15) is 24.3 Å². The first-order valence-corrected chi connectivity index (χ1v) is 15.8. The number of aliphatic carboxylic acids is 1. The van der Waals surface area contributed by atoms with E-state index in [0.29, 0.717) is 17.7 Å². The van der Waals surface area contributed by atoms with Crippen LogP contribution in [0.4, 0.5) is 5.69 Å². The predicted molar refractivity (Wildman–Crippen MR) is 165 cm³/mol. The van der Waals surface area contributed by atoms with E-state index < -0.39 is 23.8 Å². The van der Waals surface area contributed by atoms with E-state index in [0.717, 1.165) is 36.1 Å². The lowest BCUT2D eigenvalue weighted by Crippen LogP contribution is -2.48. The molecule has 41 heavy (non-hydrogen) atoms. The van der Waals surface area contributed by atoms with Crippen LogP contribution in [0.15, 0.2) is 30.3 Å². The highest BCUT2D eigenvalue weighted by molar-refractivity contribution is 8.01. The Morgan fingerprint density at radius 1 is 1.05 bits per heavy atom. The van der Waals surface area contributed by atoms with Gasteiger partial charge in [0, 0.05) is 38.6 Å². The molecule has 0 radical (unpaired) electrons. The summed E-state index contributed by atoms with van der Waals surface area (Å²) in [6.07, 6.45) is 4.21. The lowest BCUT2D eigenvalue weighted by atomic mass is 10.00. The summed E-state index contributed by atoms with van der Waals surface area (Å²) in [5.41, 5.74) is 1.82. The van der Waals surface area contributed by atoms with Crippen molar-refractivity contribution >= 4 is 52.5 Å². The monoisotopic (exact) mass is 605 g/mol. The predicted octanol–water partition coefficient (Wildman–Crippen LogP) is 4.64. The van der Waals surface area contributed by atoms with Gasteiger partial charge in [-0.1, -0.05) is 45.7 Å².